The molecule has 0 aliphatic heterocycles. The number of hydrogen-bond acceptors (Lipinski definition) is 4. The van der Waals surface area contributed by atoms with Gasteiger partial charge in [-0.05, 0) is 13.8 Å². The van der Waals surface area contributed by atoms with Crippen LogP contribution in [0.15, 0.2) is 6.07 Å². The standard InChI is InChI=1S/C9H14N4O/c1-7-5-9(11)12-13(7)3-4-14-8(2)6-10/h5,8H,3-4H2,1-2H3,(H2,11,12). The summed E-state index contributed by atoms with van der Waals surface area (Å²) in [5.74, 6) is 0.510. The van der Waals surface area contributed by atoms with E-state index in [1.807, 2.05) is 13.0 Å². The summed E-state index contributed by atoms with van der Waals surface area (Å²) in [6, 6.07) is 3.79. The van der Waals surface area contributed by atoms with Gasteiger partial charge in [0.05, 0.1) is 19.2 Å². The Morgan fingerprint density at radius 2 is 2.50 bits per heavy atom. The fraction of sp³-hybridized carbons (Fsp3) is 0.556. The normalized spacial score (nSPS) is 12.4. The Kier molecular flexibility index (Phi) is 3.48. The first-order valence-electron chi connectivity index (χ1n) is 4.44. The van der Waals surface area contributed by atoms with E-state index in [2.05, 4.69) is 5.10 Å². The van der Waals surface area contributed by atoms with Gasteiger partial charge in [-0.3, -0.25) is 4.68 Å². The van der Waals surface area contributed by atoms with Crippen LogP contribution in [0.25, 0.3) is 0 Å². The van der Waals surface area contributed by atoms with Crippen LogP contribution in [0, 0.1) is 18.3 Å². The number of nitrogens with two attached hydrogens (primary N) is 1. The molecular formula is C9H14N4O. The molecule has 2 N–H and O–H groups in total. The van der Waals surface area contributed by atoms with Gasteiger partial charge in [-0.1, -0.05) is 0 Å². The molecule has 1 unspecified atom stereocenters. The van der Waals surface area contributed by atoms with E-state index in [0.717, 1.165) is 5.69 Å². The Morgan fingerprint density at radius 1 is 1.79 bits per heavy atom. The molecule has 1 rings (SSSR count). The van der Waals surface area contributed by atoms with Gasteiger partial charge >= 0.3 is 0 Å². The fourth-order valence-corrected chi connectivity index (χ4v) is 1.12. The minimum Gasteiger partial charge on any atom is -0.382 e. The largest absolute Gasteiger partial charge is 0.382 e. The zero-order chi connectivity index (χ0) is 10.6. The maximum Gasteiger partial charge on any atom is 0.145 e. The predicted octanol–water partition coefficient (Wildman–Crippen LogP) is 0.702. The first kappa shape index (κ1) is 10.5. The van der Waals surface area contributed by atoms with Crippen LogP contribution < -0.4 is 5.73 Å². The van der Waals surface area contributed by atoms with Crippen molar-refractivity contribution in [1.29, 1.82) is 5.26 Å². The molecule has 76 valence electrons. The third kappa shape index (κ3) is 2.75. The Bertz CT molecular complexity index is 339. The third-order valence-electron chi connectivity index (χ3n) is 1.85. The van der Waals surface area contributed by atoms with Crippen LogP contribution in [0.1, 0.15) is 12.6 Å². The summed E-state index contributed by atoms with van der Waals surface area (Å²) in [5, 5.41) is 12.5. The van der Waals surface area contributed by atoms with Crippen molar-refractivity contribution in [1.82, 2.24) is 9.78 Å². The molecule has 0 saturated heterocycles. The predicted molar refractivity (Wildman–Crippen MR) is 52.4 cm³/mol. The van der Waals surface area contributed by atoms with Gasteiger partial charge in [0.1, 0.15) is 11.9 Å². The van der Waals surface area contributed by atoms with E-state index >= 15 is 0 Å². The zero-order valence-corrected chi connectivity index (χ0v) is 8.40. The molecule has 0 bridgehead atoms. The van der Waals surface area contributed by atoms with Gasteiger partial charge in [0.2, 0.25) is 0 Å². The molecule has 14 heavy (non-hydrogen) atoms. The molecule has 0 fully saturated rings. The van der Waals surface area contributed by atoms with E-state index in [9.17, 15) is 0 Å². The lowest BCUT2D eigenvalue weighted by Crippen LogP contribution is -2.13. The number of nitrogens with zero attached hydrogens (tertiary/aromatic N) is 3. The van der Waals surface area contributed by atoms with Gasteiger partial charge < -0.3 is 10.5 Å². The van der Waals surface area contributed by atoms with Crippen LogP contribution in [-0.4, -0.2) is 22.5 Å². The van der Waals surface area contributed by atoms with Crippen molar-refractivity contribution < 1.29 is 4.74 Å². The molecule has 1 aromatic rings. The zero-order valence-electron chi connectivity index (χ0n) is 8.40. The van der Waals surface area contributed by atoms with Gasteiger partial charge in [0, 0.05) is 11.8 Å². The summed E-state index contributed by atoms with van der Waals surface area (Å²) in [5.41, 5.74) is 6.51. The fourth-order valence-electron chi connectivity index (χ4n) is 1.12. The third-order valence-corrected chi connectivity index (χ3v) is 1.85. The number of anilines is 1. The number of nitriles is 1. The average molecular weight is 194 g/mol. The maximum absolute atomic E-state index is 8.47. The molecular weight excluding hydrogens is 180 g/mol. The van der Waals surface area contributed by atoms with Crippen molar-refractivity contribution >= 4 is 5.82 Å². The maximum atomic E-state index is 8.47. The molecule has 0 spiro atoms. The van der Waals surface area contributed by atoms with E-state index in [1.54, 1.807) is 17.7 Å². The van der Waals surface area contributed by atoms with Gasteiger partial charge in [-0.2, -0.15) is 10.4 Å². The number of rotatable bonds is 4. The van der Waals surface area contributed by atoms with Crippen LogP contribution in [0.3, 0.4) is 0 Å². The van der Waals surface area contributed by atoms with Crippen molar-refractivity contribution in [2.24, 2.45) is 0 Å². The second-order valence-corrected chi connectivity index (χ2v) is 3.08. The Hall–Kier alpha value is -1.54. The van der Waals surface area contributed by atoms with Crippen LogP contribution in [0.5, 0.6) is 0 Å². The van der Waals surface area contributed by atoms with Crippen molar-refractivity contribution in [3.8, 4) is 6.07 Å². The number of nitrogen functional groups attached to an aromatic ring is 1. The highest BCUT2D eigenvalue weighted by Gasteiger charge is 2.02. The minimum absolute atomic E-state index is 0.372. The molecule has 0 aliphatic rings. The summed E-state index contributed by atoms with van der Waals surface area (Å²) in [6.07, 6.45) is -0.372. The lowest BCUT2D eigenvalue weighted by Gasteiger charge is -2.06. The van der Waals surface area contributed by atoms with Crippen LogP contribution in [0.4, 0.5) is 5.82 Å². The van der Waals surface area contributed by atoms with E-state index in [4.69, 9.17) is 15.7 Å². The van der Waals surface area contributed by atoms with Gasteiger partial charge in [-0.25, -0.2) is 0 Å². The number of hydrogen-bond donors (Lipinski definition) is 1. The molecule has 1 heterocycles. The molecule has 5 nitrogen and oxygen atoms in total. The van der Waals surface area contributed by atoms with Crippen LogP contribution >= 0.6 is 0 Å². The Balaban J connectivity index is 2.39. The monoisotopic (exact) mass is 194 g/mol. The van der Waals surface area contributed by atoms with Crippen molar-refractivity contribution in [2.75, 3.05) is 12.3 Å². The molecule has 0 aliphatic carbocycles. The quantitative estimate of drug-likeness (QED) is 0.765. The minimum atomic E-state index is -0.372. The number of ether oxygens (including phenoxy) is 1. The highest BCUT2D eigenvalue weighted by atomic mass is 16.5. The molecule has 0 amide bonds. The van der Waals surface area contributed by atoms with E-state index in [0.29, 0.717) is 19.0 Å². The van der Waals surface area contributed by atoms with Crippen molar-refractivity contribution in [2.45, 2.75) is 26.5 Å². The smallest absolute Gasteiger partial charge is 0.145 e. The molecule has 1 aromatic heterocycles. The van der Waals surface area contributed by atoms with Crippen molar-refractivity contribution in [3.63, 3.8) is 0 Å². The molecule has 5 heteroatoms. The van der Waals surface area contributed by atoms with Crippen molar-refractivity contribution in [3.05, 3.63) is 11.8 Å². The lowest BCUT2D eigenvalue weighted by molar-refractivity contribution is 0.0928. The number of aryl methyl sites for hydroxylation is 1. The second kappa shape index (κ2) is 4.63. The van der Waals surface area contributed by atoms with Crippen LogP contribution in [0.2, 0.25) is 0 Å². The van der Waals surface area contributed by atoms with Gasteiger partial charge in [0.25, 0.3) is 0 Å². The number of aromatic nitrogens is 2. The summed E-state index contributed by atoms with van der Waals surface area (Å²) in [6.45, 7) is 4.73. The van der Waals surface area contributed by atoms with E-state index < -0.39 is 0 Å². The second-order valence-electron chi connectivity index (χ2n) is 3.08. The average Bonchev–Trinajstić information content (AvgIpc) is 2.45. The summed E-state index contributed by atoms with van der Waals surface area (Å²) < 4.78 is 6.96. The van der Waals surface area contributed by atoms with E-state index in [-0.39, 0.29) is 6.10 Å². The summed E-state index contributed by atoms with van der Waals surface area (Å²) in [4.78, 5) is 0. The summed E-state index contributed by atoms with van der Waals surface area (Å²) in [7, 11) is 0. The van der Waals surface area contributed by atoms with Gasteiger partial charge in [0.15, 0.2) is 0 Å². The molecule has 0 aromatic carbocycles. The van der Waals surface area contributed by atoms with Crippen LogP contribution in [-0.2, 0) is 11.3 Å². The SMILES string of the molecule is Cc1cc(N)nn1CCOC(C)C#N. The molecule has 0 saturated carbocycles. The lowest BCUT2D eigenvalue weighted by atomic mass is 10.4. The Labute approximate surface area is 83.1 Å². The van der Waals surface area contributed by atoms with Gasteiger partial charge in [-0.15, -0.1) is 0 Å². The topological polar surface area (TPSA) is 76.9 Å². The first-order valence-corrected chi connectivity index (χ1v) is 4.44. The summed E-state index contributed by atoms with van der Waals surface area (Å²) >= 11 is 0. The highest BCUT2D eigenvalue weighted by molar-refractivity contribution is 5.28. The highest BCUT2D eigenvalue weighted by Crippen LogP contribution is 2.03. The molecule has 1 atom stereocenters. The first-order chi connectivity index (χ1) is 6.63. The Morgan fingerprint density at radius 3 is 3.00 bits per heavy atom. The molecule has 0 radical (unpaired) electrons. The van der Waals surface area contributed by atoms with E-state index in [1.165, 1.54) is 0 Å².